The van der Waals surface area contributed by atoms with Gasteiger partial charge in [0.15, 0.2) is 5.16 Å². The normalized spacial score (nSPS) is 16.9. The molecule has 1 amide bonds. The average molecular weight is 441 g/mol. The summed E-state index contributed by atoms with van der Waals surface area (Å²) < 4.78 is 1.69. The van der Waals surface area contributed by atoms with Crippen molar-refractivity contribution in [1.82, 2.24) is 19.4 Å². The summed E-state index contributed by atoms with van der Waals surface area (Å²) in [5.41, 5.74) is 1.92. The minimum atomic E-state index is -0.0237. The zero-order valence-electron chi connectivity index (χ0n) is 17.0. The minimum absolute atomic E-state index is 0.0237. The Bertz CT molecular complexity index is 1150. The van der Waals surface area contributed by atoms with E-state index in [0.717, 1.165) is 66.9 Å². The van der Waals surface area contributed by atoms with Crippen molar-refractivity contribution < 1.29 is 4.79 Å². The van der Waals surface area contributed by atoms with Crippen molar-refractivity contribution in [3.63, 3.8) is 0 Å². The zero-order valence-corrected chi connectivity index (χ0v) is 18.6. The first-order chi connectivity index (χ1) is 14.6. The summed E-state index contributed by atoms with van der Waals surface area (Å²) in [6, 6.07) is 9.63. The monoisotopic (exact) mass is 440 g/mol. The standard InChI is InChI=1S/C22H24N4O2S2/c1-24-12-9-16-17(13-24)30-20-19(16)21(28)26(15-7-3-2-4-8-15)22(23-20)29-14-18(27)25-10-5-6-11-25/h2-4,7-8H,5-6,9-14H2,1H3. The average Bonchev–Trinajstić information content (AvgIpc) is 3.40. The number of para-hydroxylation sites is 1. The molecule has 1 saturated heterocycles. The van der Waals surface area contributed by atoms with Crippen LogP contribution in [0, 0.1) is 0 Å². The second-order valence-electron chi connectivity index (χ2n) is 7.92. The molecule has 0 bridgehead atoms. The summed E-state index contributed by atoms with van der Waals surface area (Å²) in [7, 11) is 2.11. The van der Waals surface area contributed by atoms with E-state index in [1.807, 2.05) is 35.2 Å². The quantitative estimate of drug-likeness (QED) is 0.461. The fourth-order valence-electron chi connectivity index (χ4n) is 4.24. The zero-order chi connectivity index (χ0) is 20.7. The molecule has 0 aliphatic carbocycles. The number of rotatable bonds is 4. The first-order valence-electron chi connectivity index (χ1n) is 10.3. The number of aromatic nitrogens is 2. The number of thioether (sulfide) groups is 1. The van der Waals surface area contributed by atoms with Crippen LogP contribution in [0.2, 0.25) is 0 Å². The van der Waals surface area contributed by atoms with Gasteiger partial charge in [0.1, 0.15) is 4.83 Å². The highest BCUT2D eigenvalue weighted by molar-refractivity contribution is 7.99. The number of fused-ring (bicyclic) bond motifs is 3. The molecule has 2 aromatic heterocycles. The Morgan fingerprint density at radius 1 is 1.17 bits per heavy atom. The second kappa shape index (κ2) is 8.17. The topological polar surface area (TPSA) is 58.4 Å². The molecule has 1 fully saturated rings. The molecule has 0 N–H and O–H groups in total. The Labute approximate surface area is 183 Å². The van der Waals surface area contributed by atoms with Crippen molar-refractivity contribution in [3.8, 4) is 5.69 Å². The Morgan fingerprint density at radius 2 is 1.93 bits per heavy atom. The van der Waals surface area contributed by atoms with Crippen molar-refractivity contribution in [1.29, 1.82) is 0 Å². The third-order valence-electron chi connectivity index (χ3n) is 5.83. The number of hydrogen-bond donors (Lipinski definition) is 0. The van der Waals surface area contributed by atoms with Crippen LogP contribution >= 0.6 is 23.1 Å². The van der Waals surface area contributed by atoms with Gasteiger partial charge in [-0.2, -0.15) is 0 Å². The van der Waals surface area contributed by atoms with Crippen molar-refractivity contribution in [2.45, 2.75) is 31.0 Å². The molecule has 0 radical (unpaired) electrons. The Hall–Kier alpha value is -2.16. The maximum atomic E-state index is 13.7. The number of benzene rings is 1. The fourth-order valence-corrected chi connectivity index (χ4v) is 6.49. The van der Waals surface area contributed by atoms with Crippen LogP contribution in [-0.4, -0.2) is 57.7 Å². The van der Waals surface area contributed by atoms with E-state index < -0.39 is 0 Å². The number of likely N-dealkylation sites (tertiary alicyclic amines) is 1. The number of hydrogen-bond acceptors (Lipinski definition) is 6. The Balaban J connectivity index is 1.59. The summed E-state index contributed by atoms with van der Waals surface area (Å²) in [6.45, 7) is 3.48. The summed E-state index contributed by atoms with van der Waals surface area (Å²) in [5, 5.41) is 1.35. The fraction of sp³-hybridized carbons (Fsp3) is 0.409. The van der Waals surface area contributed by atoms with Crippen molar-refractivity contribution in [3.05, 3.63) is 51.1 Å². The van der Waals surface area contributed by atoms with Gasteiger partial charge in [0.25, 0.3) is 5.56 Å². The second-order valence-corrected chi connectivity index (χ2v) is 9.94. The molecule has 1 aromatic carbocycles. The highest BCUT2D eigenvalue weighted by Gasteiger charge is 2.25. The first kappa shape index (κ1) is 19.8. The van der Waals surface area contributed by atoms with E-state index in [1.165, 1.54) is 16.6 Å². The molecular formula is C22H24N4O2S2. The minimum Gasteiger partial charge on any atom is -0.342 e. The van der Waals surface area contributed by atoms with Gasteiger partial charge in [-0.15, -0.1) is 11.3 Å². The van der Waals surface area contributed by atoms with Gasteiger partial charge in [-0.3, -0.25) is 14.2 Å². The van der Waals surface area contributed by atoms with Gasteiger partial charge in [-0.25, -0.2) is 4.98 Å². The Kier molecular flexibility index (Phi) is 5.39. The van der Waals surface area contributed by atoms with Crippen molar-refractivity contribution >= 4 is 39.2 Å². The number of amides is 1. The highest BCUT2D eigenvalue weighted by atomic mass is 32.2. The molecule has 2 aliphatic rings. The predicted octanol–water partition coefficient (Wildman–Crippen LogP) is 3.15. The van der Waals surface area contributed by atoms with Crippen molar-refractivity contribution in [2.24, 2.45) is 0 Å². The van der Waals surface area contributed by atoms with Gasteiger partial charge in [-0.1, -0.05) is 30.0 Å². The Morgan fingerprint density at radius 3 is 2.70 bits per heavy atom. The van der Waals surface area contributed by atoms with Gasteiger partial charge >= 0.3 is 0 Å². The SMILES string of the molecule is CN1CCc2c(sc3nc(SCC(=O)N4CCCC4)n(-c4ccccc4)c(=O)c23)C1. The molecule has 8 heteroatoms. The van der Waals surface area contributed by atoms with E-state index in [4.69, 9.17) is 4.98 Å². The third kappa shape index (κ3) is 3.57. The molecule has 6 nitrogen and oxygen atoms in total. The summed E-state index contributed by atoms with van der Waals surface area (Å²) >= 11 is 2.99. The largest absolute Gasteiger partial charge is 0.342 e. The van der Waals surface area contributed by atoms with Gasteiger partial charge in [0, 0.05) is 31.1 Å². The molecule has 3 aromatic rings. The predicted molar refractivity (Wildman–Crippen MR) is 122 cm³/mol. The molecule has 0 spiro atoms. The van der Waals surface area contributed by atoms with E-state index in [9.17, 15) is 9.59 Å². The van der Waals surface area contributed by atoms with E-state index in [2.05, 4.69) is 11.9 Å². The molecule has 0 unspecified atom stereocenters. The van der Waals surface area contributed by atoms with Crippen LogP contribution in [0.1, 0.15) is 23.3 Å². The number of carbonyl (C=O) groups is 1. The number of carbonyl (C=O) groups excluding carboxylic acids is 1. The summed E-state index contributed by atoms with van der Waals surface area (Å²) in [4.78, 5) is 37.4. The smallest absolute Gasteiger partial charge is 0.267 e. The lowest BCUT2D eigenvalue weighted by Crippen LogP contribution is -2.30. The lowest BCUT2D eigenvalue weighted by atomic mass is 10.1. The van der Waals surface area contributed by atoms with Crippen LogP contribution in [-0.2, 0) is 17.8 Å². The molecule has 30 heavy (non-hydrogen) atoms. The van der Waals surface area contributed by atoms with E-state index in [0.29, 0.717) is 10.9 Å². The summed E-state index contributed by atoms with van der Waals surface area (Å²) in [5.74, 6) is 0.428. The van der Waals surface area contributed by atoms with Crippen LogP contribution in [0.3, 0.4) is 0 Å². The maximum Gasteiger partial charge on any atom is 0.267 e. The first-order valence-corrected chi connectivity index (χ1v) is 12.1. The van der Waals surface area contributed by atoms with Gasteiger partial charge in [-0.05, 0) is 44.0 Å². The molecule has 4 heterocycles. The molecule has 156 valence electrons. The maximum absolute atomic E-state index is 13.7. The summed E-state index contributed by atoms with van der Waals surface area (Å²) in [6.07, 6.45) is 3.02. The number of thiophene rings is 1. The molecule has 0 saturated carbocycles. The van der Waals surface area contributed by atoms with Gasteiger partial charge in [0.05, 0.1) is 16.8 Å². The van der Waals surface area contributed by atoms with Crippen LogP contribution in [0.5, 0.6) is 0 Å². The molecular weight excluding hydrogens is 416 g/mol. The van der Waals surface area contributed by atoms with E-state index in [1.54, 1.807) is 15.9 Å². The van der Waals surface area contributed by atoms with Crippen LogP contribution in [0.4, 0.5) is 0 Å². The molecule has 5 rings (SSSR count). The van der Waals surface area contributed by atoms with Gasteiger partial charge in [0.2, 0.25) is 5.91 Å². The highest BCUT2D eigenvalue weighted by Crippen LogP contribution is 2.34. The molecule has 0 atom stereocenters. The molecule has 2 aliphatic heterocycles. The lowest BCUT2D eigenvalue weighted by Gasteiger charge is -2.21. The third-order valence-corrected chi connectivity index (χ3v) is 7.87. The van der Waals surface area contributed by atoms with Crippen molar-refractivity contribution in [2.75, 3.05) is 32.4 Å². The van der Waals surface area contributed by atoms with Crippen LogP contribution < -0.4 is 5.56 Å². The van der Waals surface area contributed by atoms with E-state index in [-0.39, 0.29) is 11.5 Å². The van der Waals surface area contributed by atoms with Gasteiger partial charge < -0.3 is 9.80 Å². The lowest BCUT2D eigenvalue weighted by molar-refractivity contribution is -0.127. The number of likely N-dealkylation sites (N-methyl/N-ethyl adjacent to an activating group) is 1. The van der Waals surface area contributed by atoms with Crippen LogP contribution in [0.25, 0.3) is 15.9 Å². The van der Waals surface area contributed by atoms with E-state index >= 15 is 0 Å². The number of nitrogens with zero attached hydrogens (tertiary/aromatic N) is 4. The van der Waals surface area contributed by atoms with Crippen LogP contribution in [0.15, 0.2) is 40.3 Å².